The van der Waals surface area contributed by atoms with Crippen LogP contribution in [-0.4, -0.2) is 16.1 Å². The first-order valence-corrected chi connectivity index (χ1v) is 4.62. The van der Waals surface area contributed by atoms with Crippen molar-refractivity contribution in [1.29, 1.82) is 0 Å². The average Bonchev–Trinajstić information content (AvgIpc) is 2.55. The predicted octanol–water partition coefficient (Wildman–Crippen LogP) is 2.42. The molecular weight excluding hydrogens is 190 g/mol. The molecule has 0 saturated carbocycles. The summed E-state index contributed by atoms with van der Waals surface area (Å²) >= 11 is 5.95. The number of hydrogen-bond acceptors (Lipinski definition) is 1. The lowest BCUT2D eigenvalue weighted by Crippen LogP contribution is -1.98. The predicted molar refractivity (Wildman–Crippen MR) is 49.5 cm³/mol. The highest BCUT2D eigenvalue weighted by Crippen LogP contribution is 2.39. The van der Waals surface area contributed by atoms with Gasteiger partial charge in [0.15, 0.2) is 0 Å². The molecule has 1 aromatic heterocycles. The summed E-state index contributed by atoms with van der Waals surface area (Å²) in [5, 5.41) is 9.19. The number of carbonyl (C=O) groups is 1. The van der Waals surface area contributed by atoms with Crippen LogP contribution in [0, 0.1) is 0 Å². The number of fused-ring (bicyclic) bond motifs is 1. The number of aryl methyl sites for hydroxylation is 1. The Morgan fingerprint density at radius 3 is 2.92 bits per heavy atom. The van der Waals surface area contributed by atoms with Gasteiger partial charge in [-0.2, -0.15) is 0 Å². The lowest BCUT2D eigenvalue weighted by molar-refractivity contribution is 0.0691. The first kappa shape index (κ1) is 8.63. The average molecular weight is 200 g/mol. The second kappa shape index (κ2) is 2.77. The molecule has 2 rings (SSSR count). The van der Waals surface area contributed by atoms with E-state index in [0.717, 1.165) is 24.1 Å². The fraction of sp³-hybridized carbons (Fsp3) is 0.444. The zero-order valence-corrected chi connectivity index (χ0v) is 7.98. The van der Waals surface area contributed by atoms with Crippen LogP contribution in [0.1, 0.15) is 41.0 Å². The molecule has 0 amide bonds. The third-order valence-electron chi connectivity index (χ3n) is 2.59. The van der Waals surface area contributed by atoms with Crippen LogP contribution in [0.4, 0.5) is 0 Å². The zero-order chi connectivity index (χ0) is 9.59. The largest absolute Gasteiger partial charge is 0.477 e. The van der Waals surface area contributed by atoms with Crippen LogP contribution in [-0.2, 0) is 6.42 Å². The normalized spacial score (nSPS) is 20.3. The van der Waals surface area contributed by atoms with Crippen LogP contribution >= 0.6 is 11.6 Å². The van der Waals surface area contributed by atoms with Crippen molar-refractivity contribution in [2.45, 2.75) is 25.7 Å². The third-order valence-corrected chi connectivity index (χ3v) is 2.98. The molecule has 13 heavy (non-hydrogen) atoms. The quantitative estimate of drug-likeness (QED) is 0.730. The molecule has 0 saturated heterocycles. The standard InChI is InChI=1S/C9H10ClNO2/c1-4-2-3-5-6(4)7(10)8(11-5)9(12)13/h4,11H,2-3H2,1H3,(H,12,13). The van der Waals surface area contributed by atoms with Crippen molar-refractivity contribution >= 4 is 17.6 Å². The molecular formula is C9H10ClNO2. The van der Waals surface area contributed by atoms with Crippen LogP contribution in [0.3, 0.4) is 0 Å². The van der Waals surface area contributed by atoms with E-state index in [1.54, 1.807) is 0 Å². The molecule has 1 aromatic rings. The fourth-order valence-corrected chi connectivity index (χ4v) is 2.33. The first-order chi connectivity index (χ1) is 6.11. The first-order valence-electron chi connectivity index (χ1n) is 4.24. The van der Waals surface area contributed by atoms with E-state index in [1.807, 2.05) is 0 Å². The third kappa shape index (κ3) is 1.15. The van der Waals surface area contributed by atoms with Crippen molar-refractivity contribution in [2.24, 2.45) is 0 Å². The molecule has 1 heterocycles. The molecule has 0 radical (unpaired) electrons. The van der Waals surface area contributed by atoms with Crippen LogP contribution in [0.15, 0.2) is 0 Å². The van der Waals surface area contributed by atoms with Gasteiger partial charge < -0.3 is 10.1 Å². The number of H-pyrrole nitrogens is 1. The number of aromatic carboxylic acids is 1. The number of halogens is 1. The second-order valence-corrected chi connectivity index (χ2v) is 3.83. The summed E-state index contributed by atoms with van der Waals surface area (Å²) in [6, 6.07) is 0. The Balaban J connectivity index is 2.56. The van der Waals surface area contributed by atoms with E-state index in [-0.39, 0.29) is 5.69 Å². The Kier molecular flexibility index (Phi) is 1.84. The van der Waals surface area contributed by atoms with Gasteiger partial charge in [-0.1, -0.05) is 18.5 Å². The minimum Gasteiger partial charge on any atom is -0.477 e. The molecule has 0 aromatic carbocycles. The van der Waals surface area contributed by atoms with Crippen LogP contribution < -0.4 is 0 Å². The van der Waals surface area contributed by atoms with Gasteiger partial charge in [0, 0.05) is 5.69 Å². The van der Waals surface area contributed by atoms with Crippen LogP contribution in [0.25, 0.3) is 0 Å². The topological polar surface area (TPSA) is 53.1 Å². The van der Waals surface area contributed by atoms with Crippen molar-refractivity contribution < 1.29 is 9.90 Å². The Hall–Kier alpha value is -0.960. The maximum atomic E-state index is 10.7. The van der Waals surface area contributed by atoms with Gasteiger partial charge in [-0.25, -0.2) is 4.79 Å². The minimum atomic E-state index is -0.980. The molecule has 1 atom stereocenters. The molecule has 0 fully saturated rings. The smallest absolute Gasteiger partial charge is 0.353 e. The molecule has 0 aliphatic heterocycles. The molecule has 1 aliphatic rings. The summed E-state index contributed by atoms with van der Waals surface area (Å²) < 4.78 is 0. The van der Waals surface area contributed by atoms with Crippen molar-refractivity contribution in [1.82, 2.24) is 4.98 Å². The molecule has 70 valence electrons. The lowest BCUT2D eigenvalue weighted by Gasteiger charge is -2.00. The summed E-state index contributed by atoms with van der Waals surface area (Å²) in [6.07, 6.45) is 1.96. The lowest BCUT2D eigenvalue weighted by atomic mass is 10.1. The SMILES string of the molecule is CC1CCc2[nH]c(C(=O)O)c(Cl)c21. The van der Waals surface area contributed by atoms with Gasteiger partial charge in [0.05, 0.1) is 5.02 Å². The van der Waals surface area contributed by atoms with Gasteiger partial charge in [-0.05, 0) is 24.3 Å². The van der Waals surface area contributed by atoms with E-state index >= 15 is 0 Å². The Morgan fingerprint density at radius 2 is 2.38 bits per heavy atom. The van der Waals surface area contributed by atoms with Crippen molar-refractivity contribution in [3.63, 3.8) is 0 Å². The number of carboxylic acids is 1. The van der Waals surface area contributed by atoms with E-state index in [2.05, 4.69) is 11.9 Å². The van der Waals surface area contributed by atoms with E-state index in [0.29, 0.717) is 10.9 Å². The molecule has 3 nitrogen and oxygen atoms in total. The van der Waals surface area contributed by atoms with Gasteiger partial charge in [-0.3, -0.25) is 0 Å². The van der Waals surface area contributed by atoms with Gasteiger partial charge >= 0.3 is 5.97 Å². The molecule has 1 unspecified atom stereocenters. The van der Waals surface area contributed by atoms with Crippen molar-refractivity contribution in [3.8, 4) is 0 Å². The zero-order valence-electron chi connectivity index (χ0n) is 7.22. The summed E-state index contributed by atoms with van der Waals surface area (Å²) in [4.78, 5) is 13.6. The van der Waals surface area contributed by atoms with Gasteiger partial charge in [0.25, 0.3) is 0 Å². The highest BCUT2D eigenvalue weighted by atomic mass is 35.5. The van der Waals surface area contributed by atoms with Gasteiger partial charge in [-0.15, -0.1) is 0 Å². The number of aromatic nitrogens is 1. The molecule has 2 N–H and O–H groups in total. The molecule has 0 spiro atoms. The molecule has 1 aliphatic carbocycles. The van der Waals surface area contributed by atoms with Crippen LogP contribution in [0.2, 0.25) is 5.02 Å². The van der Waals surface area contributed by atoms with Crippen molar-refractivity contribution in [3.05, 3.63) is 22.0 Å². The monoisotopic (exact) mass is 199 g/mol. The Bertz CT molecular complexity index is 370. The number of hydrogen-bond donors (Lipinski definition) is 2. The minimum absolute atomic E-state index is 0.137. The molecule has 4 heteroatoms. The molecule has 0 bridgehead atoms. The highest BCUT2D eigenvalue weighted by Gasteiger charge is 2.28. The number of nitrogens with one attached hydrogen (secondary N) is 1. The highest BCUT2D eigenvalue weighted by molar-refractivity contribution is 6.34. The Morgan fingerprint density at radius 1 is 1.69 bits per heavy atom. The Labute approximate surface area is 80.7 Å². The maximum Gasteiger partial charge on any atom is 0.353 e. The van der Waals surface area contributed by atoms with Crippen LogP contribution in [0.5, 0.6) is 0 Å². The summed E-state index contributed by atoms with van der Waals surface area (Å²) in [6.45, 7) is 2.07. The number of rotatable bonds is 1. The summed E-state index contributed by atoms with van der Waals surface area (Å²) in [5.74, 6) is -0.599. The second-order valence-electron chi connectivity index (χ2n) is 3.45. The summed E-state index contributed by atoms with van der Waals surface area (Å²) in [5.41, 5.74) is 2.13. The maximum absolute atomic E-state index is 10.7. The fourth-order valence-electron chi connectivity index (χ4n) is 1.90. The van der Waals surface area contributed by atoms with Gasteiger partial charge in [0.1, 0.15) is 5.69 Å². The number of aromatic amines is 1. The summed E-state index contributed by atoms with van der Waals surface area (Å²) in [7, 11) is 0. The van der Waals surface area contributed by atoms with Gasteiger partial charge in [0.2, 0.25) is 0 Å². The van der Waals surface area contributed by atoms with E-state index in [4.69, 9.17) is 16.7 Å². The van der Waals surface area contributed by atoms with E-state index in [1.165, 1.54) is 0 Å². The van der Waals surface area contributed by atoms with E-state index < -0.39 is 5.97 Å². The number of carboxylic acid groups (broad SMARTS) is 1. The van der Waals surface area contributed by atoms with E-state index in [9.17, 15) is 4.79 Å². The van der Waals surface area contributed by atoms with Crippen molar-refractivity contribution in [2.75, 3.05) is 0 Å².